The number of para-hydroxylation sites is 2. The van der Waals surface area contributed by atoms with E-state index in [0.29, 0.717) is 11.0 Å². The number of halogens is 6. The predicted octanol–water partition coefficient (Wildman–Crippen LogP) is 3.69. The number of hydrogen-bond acceptors (Lipinski definition) is 2. The van der Waals surface area contributed by atoms with E-state index in [-0.39, 0.29) is 5.82 Å². The first-order valence-electron chi connectivity index (χ1n) is 7.11. The molecule has 0 aliphatic rings. The lowest BCUT2D eigenvalue weighted by molar-refractivity contribution is -0.142. The highest BCUT2D eigenvalue weighted by molar-refractivity contribution is 5.95. The van der Waals surface area contributed by atoms with E-state index >= 15 is 0 Å². The molecule has 0 unspecified atom stereocenters. The van der Waals surface area contributed by atoms with Gasteiger partial charge in [-0.25, -0.2) is 18.2 Å². The third-order valence-electron chi connectivity index (χ3n) is 3.73. The van der Waals surface area contributed by atoms with Gasteiger partial charge >= 0.3 is 6.18 Å². The van der Waals surface area contributed by atoms with Crippen LogP contribution in [-0.4, -0.2) is 15.9 Å². The Bertz CT molecular complexity index is 992. The molecule has 3 rings (SSSR count). The number of aromatic nitrogens is 2. The second-order valence-electron chi connectivity index (χ2n) is 5.41. The summed E-state index contributed by atoms with van der Waals surface area (Å²) >= 11 is 0. The quantitative estimate of drug-likeness (QED) is 0.543. The number of nitrogens with one attached hydrogen (secondary N) is 1. The van der Waals surface area contributed by atoms with Gasteiger partial charge in [-0.05, 0) is 12.1 Å². The molecule has 1 aromatic heterocycles. The molecule has 4 nitrogen and oxygen atoms in total. The van der Waals surface area contributed by atoms with Crippen molar-refractivity contribution in [2.75, 3.05) is 0 Å². The first-order valence-corrected chi connectivity index (χ1v) is 7.11. The summed E-state index contributed by atoms with van der Waals surface area (Å²) in [7, 11) is 0. The molecular weight excluding hydrogens is 364 g/mol. The smallest absolute Gasteiger partial charge is 0.365 e. The largest absolute Gasteiger partial charge is 0.422 e. The normalized spacial score (nSPS) is 11.9. The van der Waals surface area contributed by atoms with Crippen LogP contribution in [0.2, 0.25) is 0 Å². The second-order valence-corrected chi connectivity index (χ2v) is 5.41. The number of rotatable bonds is 3. The number of fused-ring (bicyclic) bond motifs is 1. The van der Waals surface area contributed by atoms with Crippen LogP contribution in [0.15, 0.2) is 24.3 Å². The molecule has 3 aromatic rings. The third kappa shape index (κ3) is 2.87. The fraction of sp³-hybridized carbons (Fsp3) is 0.125. The number of amides is 1. The number of primary amides is 1. The van der Waals surface area contributed by atoms with Gasteiger partial charge in [-0.15, -0.1) is 0 Å². The van der Waals surface area contributed by atoms with Gasteiger partial charge in [0, 0.05) is 12.0 Å². The lowest BCUT2D eigenvalue weighted by Crippen LogP contribution is -2.24. The minimum atomic E-state index is -5.54. The highest BCUT2D eigenvalue weighted by Crippen LogP contribution is 2.37. The summed E-state index contributed by atoms with van der Waals surface area (Å²) in [5.74, 6) is -8.36. The number of hydrogen-bond donors (Lipinski definition) is 2. The van der Waals surface area contributed by atoms with Crippen LogP contribution in [0.4, 0.5) is 26.3 Å². The zero-order valence-electron chi connectivity index (χ0n) is 12.7. The van der Waals surface area contributed by atoms with Crippen molar-refractivity contribution in [3.8, 4) is 0 Å². The summed E-state index contributed by atoms with van der Waals surface area (Å²) in [5, 5.41) is 0. The lowest BCUT2D eigenvalue weighted by Gasteiger charge is -2.15. The number of carbonyl (C=O) groups excluding carboxylic acids is 1. The summed E-state index contributed by atoms with van der Waals surface area (Å²) in [6.45, 7) is 0. The molecule has 0 saturated heterocycles. The average Bonchev–Trinajstić information content (AvgIpc) is 2.93. The maximum Gasteiger partial charge on any atom is 0.422 e. The van der Waals surface area contributed by atoms with Crippen molar-refractivity contribution in [1.29, 1.82) is 0 Å². The van der Waals surface area contributed by atoms with Gasteiger partial charge in [-0.2, -0.15) is 13.2 Å². The summed E-state index contributed by atoms with van der Waals surface area (Å²) in [6, 6.07) is 6.52. The predicted molar refractivity (Wildman–Crippen MR) is 78.7 cm³/mol. The Morgan fingerprint density at radius 2 is 1.73 bits per heavy atom. The van der Waals surface area contributed by atoms with Crippen molar-refractivity contribution in [2.24, 2.45) is 5.73 Å². The Labute approximate surface area is 141 Å². The molecule has 0 atom stereocenters. The monoisotopic (exact) mass is 373 g/mol. The Balaban J connectivity index is 2.21. The fourth-order valence-corrected chi connectivity index (χ4v) is 2.63. The molecular formula is C16H9F6N3O. The van der Waals surface area contributed by atoms with Gasteiger partial charge < -0.3 is 10.7 Å². The number of imidazole rings is 1. The molecule has 0 radical (unpaired) electrons. The summed E-state index contributed by atoms with van der Waals surface area (Å²) in [4.78, 5) is 18.2. The van der Waals surface area contributed by atoms with Crippen LogP contribution in [0.1, 0.15) is 27.3 Å². The lowest BCUT2D eigenvalue weighted by atomic mass is 9.97. The summed E-state index contributed by atoms with van der Waals surface area (Å²) < 4.78 is 80.7. The first-order chi connectivity index (χ1) is 12.1. The SMILES string of the molecule is NC(=O)c1c(F)c(C(F)(F)F)c(F)c(F)c1Cc1nc2ccccc2[nH]1. The molecule has 136 valence electrons. The first kappa shape index (κ1) is 17.8. The van der Waals surface area contributed by atoms with Crippen molar-refractivity contribution in [2.45, 2.75) is 12.6 Å². The van der Waals surface area contributed by atoms with Crippen molar-refractivity contribution in [3.05, 3.63) is 64.2 Å². The summed E-state index contributed by atoms with van der Waals surface area (Å²) in [6.07, 6.45) is -6.21. The van der Waals surface area contributed by atoms with Crippen LogP contribution in [-0.2, 0) is 12.6 Å². The van der Waals surface area contributed by atoms with E-state index in [1.807, 2.05) is 0 Å². The highest BCUT2D eigenvalue weighted by Gasteiger charge is 2.42. The Kier molecular flexibility index (Phi) is 4.13. The van der Waals surface area contributed by atoms with Gasteiger partial charge in [0.25, 0.3) is 5.91 Å². The molecule has 10 heteroatoms. The Hall–Kier alpha value is -3.04. The number of alkyl halides is 3. The van der Waals surface area contributed by atoms with Gasteiger partial charge in [-0.3, -0.25) is 4.79 Å². The molecule has 1 heterocycles. The molecule has 26 heavy (non-hydrogen) atoms. The van der Waals surface area contributed by atoms with E-state index in [0.717, 1.165) is 0 Å². The van der Waals surface area contributed by atoms with E-state index in [9.17, 15) is 31.1 Å². The van der Waals surface area contributed by atoms with Gasteiger partial charge in [0.15, 0.2) is 17.5 Å². The van der Waals surface area contributed by atoms with Crippen LogP contribution in [0, 0.1) is 17.5 Å². The van der Waals surface area contributed by atoms with Crippen molar-refractivity contribution >= 4 is 16.9 Å². The molecule has 0 fully saturated rings. The molecule has 0 saturated carbocycles. The Morgan fingerprint density at radius 1 is 1.08 bits per heavy atom. The van der Waals surface area contributed by atoms with E-state index in [1.54, 1.807) is 24.3 Å². The van der Waals surface area contributed by atoms with Gasteiger partial charge in [-0.1, -0.05) is 12.1 Å². The van der Waals surface area contributed by atoms with E-state index < -0.39 is 52.6 Å². The second kappa shape index (κ2) is 6.04. The molecule has 3 N–H and O–H groups in total. The van der Waals surface area contributed by atoms with Crippen LogP contribution in [0.25, 0.3) is 11.0 Å². The van der Waals surface area contributed by atoms with Gasteiger partial charge in [0.1, 0.15) is 11.4 Å². The number of benzene rings is 2. The maximum atomic E-state index is 14.2. The van der Waals surface area contributed by atoms with Crippen LogP contribution in [0.3, 0.4) is 0 Å². The molecule has 1 amide bonds. The summed E-state index contributed by atoms with van der Waals surface area (Å²) in [5.41, 5.74) is 1.05. The van der Waals surface area contributed by atoms with Crippen LogP contribution >= 0.6 is 0 Å². The molecule has 0 aliphatic carbocycles. The number of nitrogens with zero attached hydrogens (tertiary/aromatic N) is 1. The topological polar surface area (TPSA) is 71.8 Å². The van der Waals surface area contributed by atoms with Gasteiger partial charge in [0.2, 0.25) is 0 Å². The molecule has 2 aromatic carbocycles. The minimum Gasteiger partial charge on any atom is -0.365 e. The minimum absolute atomic E-state index is 0.00819. The van der Waals surface area contributed by atoms with E-state index in [4.69, 9.17) is 5.73 Å². The van der Waals surface area contributed by atoms with Crippen LogP contribution < -0.4 is 5.73 Å². The van der Waals surface area contributed by atoms with Gasteiger partial charge in [0.05, 0.1) is 16.6 Å². The number of H-pyrrole nitrogens is 1. The maximum absolute atomic E-state index is 14.2. The van der Waals surface area contributed by atoms with E-state index in [1.165, 1.54) is 0 Å². The molecule has 0 bridgehead atoms. The van der Waals surface area contributed by atoms with Crippen molar-refractivity contribution < 1.29 is 31.1 Å². The fourth-order valence-electron chi connectivity index (χ4n) is 2.63. The van der Waals surface area contributed by atoms with Crippen molar-refractivity contribution in [1.82, 2.24) is 9.97 Å². The molecule has 0 spiro atoms. The Morgan fingerprint density at radius 3 is 2.31 bits per heavy atom. The van der Waals surface area contributed by atoms with Crippen molar-refractivity contribution in [3.63, 3.8) is 0 Å². The van der Waals surface area contributed by atoms with E-state index in [2.05, 4.69) is 9.97 Å². The highest BCUT2D eigenvalue weighted by atomic mass is 19.4. The molecule has 0 aliphatic heterocycles. The number of aromatic amines is 1. The standard InChI is InChI=1S/C16H9F6N3O/c17-12-6(5-9-24-7-3-1-2-4-8(7)25-9)10(15(23)26)13(18)11(14(12)19)16(20,21)22/h1-4H,5H2,(H2,23,26)(H,24,25). The zero-order valence-corrected chi connectivity index (χ0v) is 12.7. The van der Waals surface area contributed by atoms with Crippen LogP contribution in [0.5, 0.6) is 0 Å². The zero-order chi connectivity index (χ0) is 19.2. The average molecular weight is 373 g/mol. The number of nitrogens with two attached hydrogens (primary N) is 1. The number of carbonyl (C=O) groups is 1. The third-order valence-corrected chi connectivity index (χ3v) is 3.73.